The van der Waals surface area contributed by atoms with Gasteiger partial charge in [-0.05, 0) is 12.8 Å². The molecule has 1 aromatic rings. The SMILES string of the molecule is O=[N+]([O-])c1ccccc1CN1CCN(C2CCCCCC2)CC1. The van der Waals surface area contributed by atoms with Crippen molar-refractivity contribution in [3.8, 4) is 0 Å². The molecule has 23 heavy (non-hydrogen) atoms. The van der Waals surface area contributed by atoms with Crippen LogP contribution in [0.3, 0.4) is 0 Å². The molecule has 126 valence electrons. The molecule has 2 aliphatic rings. The van der Waals surface area contributed by atoms with Crippen molar-refractivity contribution >= 4 is 5.69 Å². The van der Waals surface area contributed by atoms with Gasteiger partial charge in [0, 0.05) is 50.4 Å². The third-order valence-corrected chi connectivity index (χ3v) is 5.33. The molecule has 1 saturated heterocycles. The molecule has 0 bridgehead atoms. The number of hydrogen-bond acceptors (Lipinski definition) is 4. The van der Waals surface area contributed by atoms with Crippen LogP contribution < -0.4 is 0 Å². The van der Waals surface area contributed by atoms with Gasteiger partial charge in [-0.1, -0.05) is 43.9 Å². The normalized spacial score (nSPS) is 21.9. The zero-order chi connectivity index (χ0) is 16.1. The van der Waals surface area contributed by atoms with Crippen molar-refractivity contribution in [3.63, 3.8) is 0 Å². The van der Waals surface area contributed by atoms with E-state index in [0.717, 1.165) is 37.8 Å². The average Bonchev–Trinajstić information content (AvgIpc) is 2.85. The van der Waals surface area contributed by atoms with Gasteiger partial charge in [-0.2, -0.15) is 0 Å². The molecular weight excluding hydrogens is 290 g/mol. The quantitative estimate of drug-likeness (QED) is 0.485. The average molecular weight is 317 g/mol. The maximum atomic E-state index is 11.1. The highest BCUT2D eigenvalue weighted by Gasteiger charge is 2.25. The Balaban J connectivity index is 1.54. The van der Waals surface area contributed by atoms with Gasteiger partial charge >= 0.3 is 0 Å². The van der Waals surface area contributed by atoms with Crippen LogP contribution >= 0.6 is 0 Å². The lowest BCUT2D eigenvalue weighted by molar-refractivity contribution is -0.385. The van der Waals surface area contributed by atoms with Gasteiger partial charge in [0.05, 0.1) is 4.92 Å². The van der Waals surface area contributed by atoms with Gasteiger partial charge in [-0.3, -0.25) is 19.9 Å². The van der Waals surface area contributed by atoms with Crippen molar-refractivity contribution in [2.75, 3.05) is 26.2 Å². The minimum Gasteiger partial charge on any atom is -0.298 e. The van der Waals surface area contributed by atoms with Gasteiger partial charge in [0.25, 0.3) is 5.69 Å². The number of nitro groups is 1. The minimum absolute atomic E-state index is 0.249. The van der Waals surface area contributed by atoms with E-state index >= 15 is 0 Å². The van der Waals surface area contributed by atoms with Gasteiger partial charge in [-0.25, -0.2) is 0 Å². The zero-order valence-corrected chi connectivity index (χ0v) is 13.8. The van der Waals surface area contributed by atoms with Gasteiger partial charge in [-0.15, -0.1) is 0 Å². The van der Waals surface area contributed by atoms with E-state index in [1.807, 2.05) is 12.1 Å². The van der Waals surface area contributed by atoms with Crippen molar-refractivity contribution in [2.24, 2.45) is 0 Å². The summed E-state index contributed by atoms with van der Waals surface area (Å²) in [4.78, 5) is 15.9. The molecule has 0 aromatic heterocycles. The molecule has 1 heterocycles. The topological polar surface area (TPSA) is 49.6 Å². The summed E-state index contributed by atoms with van der Waals surface area (Å²) in [6, 6.07) is 7.90. The summed E-state index contributed by atoms with van der Waals surface area (Å²) >= 11 is 0. The van der Waals surface area contributed by atoms with Crippen molar-refractivity contribution in [1.82, 2.24) is 9.80 Å². The lowest BCUT2D eigenvalue weighted by atomic mass is 10.1. The van der Waals surface area contributed by atoms with Crippen LogP contribution in [-0.4, -0.2) is 46.9 Å². The molecule has 0 atom stereocenters. The fourth-order valence-electron chi connectivity index (χ4n) is 3.97. The molecule has 0 amide bonds. The van der Waals surface area contributed by atoms with E-state index in [1.54, 1.807) is 12.1 Å². The van der Waals surface area contributed by atoms with Crippen LogP contribution in [-0.2, 0) is 6.54 Å². The zero-order valence-electron chi connectivity index (χ0n) is 13.8. The molecule has 1 aliphatic carbocycles. The van der Waals surface area contributed by atoms with Crippen LogP contribution in [0.5, 0.6) is 0 Å². The second-order valence-corrected chi connectivity index (χ2v) is 6.84. The Hall–Kier alpha value is -1.46. The number of nitro benzene ring substituents is 1. The Kier molecular flexibility index (Phi) is 5.62. The molecule has 5 heteroatoms. The van der Waals surface area contributed by atoms with E-state index in [1.165, 1.54) is 38.5 Å². The molecule has 1 aliphatic heterocycles. The van der Waals surface area contributed by atoms with Crippen molar-refractivity contribution in [3.05, 3.63) is 39.9 Å². The largest absolute Gasteiger partial charge is 0.298 e. The fourth-order valence-corrected chi connectivity index (χ4v) is 3.97. The van der Waals surface area contributed by atoms with Crippen LogP contribution in [0.4, 0.5) is 5.69 Å². The first-order chi connectivity index (χ1) is 11.2. The van der Waals surface area contributed by atoms with E-state index in [0.29, 0.717) is 6.54 Å². The highest BCUT2D eigenvalue weighted by molar-refractivity contribution is 5.39. The Morgan fingerprint density at radius 2 is 1.65 bits per heavy atom. The monoisotopic (exact) mass is 317 g/mol. The van der Waals surface area contributed by atoms with Crippen LogP contribution in [0, 0.1) is 10.1 Å². The third-order valence-electron chi connectivity index (χ3n) is 5.33. The summed E-state index contributed by atoms with van der Waals surface area (Å²) in [7, 11) is 0. The first kappa shape index (κ1) is 16.4. The highest BCUT2D eigenvalue weighted by atomic mass is 16.6. The third kappa shape index (κ3) is 4.30. The second-order valence-electron chi connectivity index (χ2n) is 6.84. The molecule has 1 saturated carbocycles. The maximum absolute atomic E-state index is 11.1. The smallest absolute Gasteiger partial charge is 0.273 e. The van der Waals surface area contributed by atoms with E-state index in [4.69, 9.17) is 0 Å². The van der Waals surface area contributed by atoms with Crippen LogP contribution in [0.15, 0.2) is 24.3 Å². The number of piperazine rings is 1. The standard InChI is InChI=1S/C18H27N3O2/c22-21(23)18-10-6-5-7-16(18)15-19-11-13-20(14-12-19)17-8-3-1-2-4-9-17/h5-7,10,17H,1-4,8-9,11-15H2. The highest BCUT2D eigenvalue weighted by Crippen LogP contribution is 2.24. The van der Waals surface area contributed by atoms with E-state index in [-0.39, 0.29) is 10.6 Å². The summed E-state index contributed by atoms with van der Waals surface area (Å²) in [5, 5.41) is 11.1. The Labute approximate surface area is 138 Å². The molecule has 2 fully saturated rings. The van der Waals surface area contributed by atoms with E-state index in [2.05, 4.69) is 9.80 Å². The van der Waals surface area contributed by atoms with E-state index < -0.39 is 0 Å². The number of para-hydroxylation sites is 1. The predicted octanol–water partition coefficient (Wildman–Crippen LogP) is 3.44. The summed E-state index contributed by atoms with van der Waals surface area (Å²) in [6.45, 7) is 4.93. The summed E-state index contributed by atoms with van der Waals surface area (Å²) in [5.74, 6) is 0. The number of benzene rings is 1. The molecule has 0 radical (unpaired) electrons. The summed E-state index contributed by atoms with van der Waals surface area (Å²) in [6.07, 6.45) is 8.25. The second kappa shape index (κ2) is 7.88. The fraction of sp³-hybridized carbons (Fsp3) is 0.667. The maximum Gasteiger partial charge on any atom is 0.273 e. The molecule has 0 unspecified atom stereocenters. The first-order valence-electron chi connectivity index (χ1n) is 8.93. The lowest BCUT2D eigenvalue weighted by Crippen LogP contribution is -2.49. The predicted molar refractivity (Wildman–Crippen MR) is 91.4 cm³/mol. The molecule has 3 rings (SSSR count). The van der Waals surface area contributed by atoms with Gasteiger partial charge in [0.1, 0.15) is 0 Å². The Bertz CT molecular complexity index is 519. The molecule has 0 N–H and O–H groups in total. The minimum atomic E-state index is -0.267. The number of nitrogens with zero attached hydrogens (tertiary/aromatic N) is 3. The van der Waals surface area contributed by atoms with Gasteiger partial charge < -0.3 is 0 Å². The molecule has 0 spiro atoms. The lowest BCUT2D eigenvalue weighted by Gasteiger charge is -2.39. The van der Waals surface area contributed by atoms with Gasteiger partial charge in [0.15, 0.2) is 0 Å². The van der Waals surface area contributed by atoms with Crippen molar-refractivity contribution < 1.29 is 4.92 Å². The Morgan fingerprint density at radius 3 is 2.30 bits per heavy atom. The first-order valence-corrected chi connectivity index (χ1v) is 8.93. The summed E-state index contributed by atoms with van der Waals surface area (Å²) < 4.78 is 0. The summed E-state index contributed by atoms with van der Waals surface area (Å²) in [5.41, 5.74) is 1.08. The Morgan fingerprint density at radius 1 is 1.00 bits per heavy atom. The van der Waals surface area contributed by atoms with Crippen LogP contribution in [0.1, 0.15) is 44.1 Å². The van der Waals surface area contributed by atoms with Crippen molar-refractivity contribution in [2.45, 2.75) is 51.1 Å². The number of hydrogen-bond donors (Lipinski definition) is 0. The van der Waals surface area contributed by atoms with Gasteiger partial charge in [0.2, 0.25) is 0 Å². The van der Waals surface area contributed by atoms with E-state index in [9.17, 15) is 10.1 Å². The molecular formula is C18H27N3O2. The van der Waals surface area contributed by atoms with Crippen LogP contribution in [0.2, 0.25) is 0 Å². The van der Waals surface area contributed by atoms with Crippen LogP contribution in [0.25, 0.3) is 0 Å². The van der Waals surface area contributed by atoms with Crippen molar-refractivity contribution in [1.29, 1.82) is 0 Å². The molecule has 5 nitrogen and oxygen atoms in total. The molecule has 1 aromatic carbocycles. The number of rotatable bonds is 4.